The standard InChI is InChI=1S/C18H20N2O3/c21-18-8-6-15-5-7-16(13-17(15)23-18)22-12-4-2-1-3-10-20-11-9-19-14-20/h5-9,11,13-14H,1-4,10,12H2. The van der Waals surface area contributed by atoms with Crippen molar-refractivity contribution in [3.63, 3.8) is 0 Å². The first-order chi connectivity index (χ1) is 11.3. The van der Waals surface area contributed by atoms with Crippen LogP contribution in [0, 0.1) is 0 Å². The lowest BCUT2D eigenvalue weighted by Gasteiger charge is -2.07. The van der Waals surface area contributed by atoms with Crippen molar-refractivity contribution in [3.8, 4) is 5.75 Å². The molecule has 0 unspecified atom stereocenters. The van der Waals surface area contributed by atoms with Gasteiger partial charge in [0, 0.05) is 36.5 Å². The minimum Gasteiger partial charge on any atom is -0.493 e. The Balaban J connectivity index is 1.38. The van der Waals surface area contributed by atoms with Gasteiger partial charge in [-0.25, -0.2) is 9.78 Å². The molecule has 0 aliphatic heterocycles. The second-order valence-electron chi connectivity index (χ2n) is 5.52. The van der Waals surface area contributed by atoms with E-state index in [1.165, 1.54) is 12.5 Å². The van der Waals surface area contributed by atoms with Crippen LogP contribution in [0.25, 0.3) is 11.0 Å². The molecular formula is C18H20N2O3. The normalized spacial score (nSPS) is 11.0. The molecule has 0 atom stereocenters. The van der Waals surface area contributed by atoms with Crippen molar-refractivity contribution in [2.24, 2.45) is 0 Å². The third-order valence-electron chi connectivity index (χ3n) is 3.73. The van der Waals surface area contributed by atoms with Gasteiger partial charge in [-0.3, -0.25) is 0 Å². The first-order valence-corrected chi connectivity index (χ1v) is 7.94. The Morgan fingerprint density at radius 1 is 1.09 bits per heavy atom. The average Bonchev–Trinajstić information content (AvgIpc) is 3.07. The molecule has 3 rings (SSSR count). The molecule has 3 aromatic rings. The van der Waals surface area contributed by atoms with Gasteiger partial charge in [-0.1, -0.05) is 12.8 Å². The summed E-state index contributed by atoms with van der Waals surface area (Å²) in [5, 5.41) is 0.899. The van der Waals surface area contributed by atoms with E-state index in [0.717, 1.165) is 36.9 Å². The van der Waals surface area contributed by atoms with Crippen LogP contribution in [0.3, 0.4) is 0 Å². The minimum absolute atomic E-state index is 0.340. The van der Waals surface area contributed by atoms with Gasteiger partial charge in [-0.2, -0.15) is 0 Å². The lowest BCUT2D eigenvalue weighted by atomic mass is 10.2. The number of rotatable bonds is 8. The first kappa shape index (κ1) is 15.3. The largest absolute Gasteiger partial charge is 0.493 e. The second-order valence-corrected chi connectivity index (χ2v) is 5.52. The zero-order valence-electron chi connectivity index (χ0n) is 13.0. The number of hydrogen-bond acceptors (Lipinski definition) is 4. The second kappa shape index (κ2) is 7.63. The Bertz CT molecular complexity index is 793. The third kappa shape index (κ3) is 4.45. The molecular weight excluding hydrogens is 292 g/mol. The monoisotopic (exact) mass is 312 g/mol. The summed E-state index contributed by atoms with van der Waals surface area (Å²) in [5.41, 5.74) is 0.225. The van der Waals surface area contributed by atoms with E-state index in [1.54, 1.807) is 18.3 Å². The number of nitrogens with zero attached hydrogens (tertiary/aromatic N) is 2. The van der Waals surface area contributed by atoms with Gasteiger partial charge in [-0.15, -0.1) is 0 Å². The van der Waals surface area contributed by atoms with E-state index in [0.29, 0.717) is 12.2 Å². The van der Waals surface area contributed by atoms with Gasteiger partial charge < -0.3 is 13.7 Å². The minimum atomic E-state index is -0.340. The van der Waals surface area contributed by atoms with Gasteiger partial charge in [0.15, 0.2) is 0 Å². The zero-order chi connectivity index (χ0) is 15.9. The molecule has 2 heterocycles. The van der Waals surface area contributed by atoms with Crippen molar-refractivity contribution in [2.45, 2.75) is 32.2 Å². The highest BCUT2D eigenvalue weighted by Crippen LogP contribution is 2.19. The number of ether oxygens (including phenoxy) is 1. The summed E-state index contributed by atoms with van der Waals surface area (Å²) in [6, 6.07) is 8.76. The van der Waals surface area contributed by atoms with Gasteiger partial charge in [0.1, 0.15) is 11.3 Å². The van der Waals surface area contributed by atoms with Crippen LogP contribution < -0.4 is 10.4 Å². The van der Waals surface area contributed by atoms with Crippen molar-refractivity contribution in [1.82, 2.24) is 9.55 Å². The molecule has 0 radical (unpaired) electrons. The van der Waals surface area contributed by atoms with Crippen LogP contribution in [0.5, 0.6) is 5.75 Å². The van der Waals surface area contributed by atoms with E-state index in [9.17, 15) is 4.79 Å². The molecule has 0 bridgehead atoms. The number of imidazole rings is 1. The van der Waals surface area contributed by atoms with Gasteiger partial charge in [-0.05, 0) is 31.0 Å². The van der Waals surface area contributed by atoms with Gasteiger partial charge in [0.25, 0.3) is 0 Å². The lowest BCUT2D eigenvalue weighted by Crippen LogP contribution is -1.99. The Labute approximate surface area is 134 Å². The molecule has 0 aliphatic rings. The third-order valence-corrected chi connectivity index (χ3v) is 3.73. The molecule has 0 aliphatic carbocycles. The van der Waals surface area contributed by atoms with Crippen molar-refractivity contribution >= 4 is 11.0 Å². The predicted octanol–water partition coefficient (Wildman–Crippen LogP) is 3.63. The fourth-order valence-corrected chi connectivity index (χ4v) is 2.49. The smallest absolute Gasteiger partial charge is 0.336 e. The van der Waals surface area contributed by atoms with Gasteiger partial charge in [0.05, 0.1) is 12.9 Å². The first-order valence-electron chi connectivity index (χ1n) is 7.94. The fourth-order valence-electron chi connectivity index (χ4n) is 2.49. The molecule has 23 heavy (non-hydrogen) atoms. The van der Waals surface area contributed by atoms with Gasteiger partial charge >= 0.3 is 5.63 Å². The van der Waals surface area contributed by atoms with E-state index in [-0.39, 0.29) is 5.63 Å². The van der Waals surface area contributed by atoms with Crippen LogP contribution in [-0.2, 0) is 6.54 Å². The van der Waals surface area contributed by atoms with E-state index in [1.807, 2.05) is 24.7 Å². The van der Waals surface area contributed by atoms with E-state index in [2.05, 4.69) is 9.55 Å². The molecule has 0 N–H and O–H groups in total. The molecule has 2 aromatic heterocycles. The Kier molecular flexibility index (Phi) is 5.09. The van der Waals surface area contributed by atoms with Crippen molar-refractivity contribution in [2.75, 3.05) is 6.61 Å². The number of aromatic nitrogens is 2. The SMILES string of the molecule is O=c1ccc2ccc(OCCCCCCn3ccnc3)cc2o1. The maximum Gasteiger partial charge on any atom is 0.336 e. The summed E-state index contributed by atoms with van der Waals surface area (Å²) in [5.74, 6) is 0.741. The van der Waals surface area contributed by atoms with Crippen LogP contribution in [0.4, 0.5) is 0 Å². The fraction of sp³-hybridized carbons (Fsp3) is 0.333. The molecule has 120 valence electrons. The lowest BCUT2D eigenvalue weighted by molar-refractivity contribution is 0.304. The molecule has 0 saturated heterocycles. The summed E-state index contributed by atoms with van der Waals surface area (Å²) >= 11 is 0. The summed E-state index contributed by atoms with van der Waals surface area (Å²) < 4.78 is 13.0. The van der Waals surface area contributed by atoms with Gasteiger partial charge in [0.2, 0.25) is 0 Å². The molecule has 0 fully saturated rings. The number of hydrogen-bond donors (Lipinski definition) is 0. The predicted molar refractivity (Wildman–Crippen MR) is 88.7 cm³/mol. The molecule has 5 nitrogen and oxygen atoms in total. The topological polar surface area (TPSA) is 57.3 Å². The highest BCUT2D eigenvalue weighted by molar-refractivity contribution is 5.77. The zero-order valence-corrected chi connectivity index (χ0v) is 13.0. The van der Waals surface area contributed by atoms with Crippen LogP contribution in [-0.4, -0.2) is 16.2 Å². The van der Waals surface area contributed by atoms with Crippen LogP contribution in [0.1, 0.15) is 25.7 Å². The van der Waals surface area contributed by atoms with Crippen molar-refractivity contribution < 1.29 is 9.15 Å². The van der Waals surface area contributed by atoms with E-state index >= 15 is 0 Å². The summed E-state index contributed by atoms with van der Waals surface area (Å²) in [4.78, 5) is 15.3. The molecule has 0 amide bonds. The van der Waals surface area contributed by atoms with Crippen LogP contribution >= 0.6 is 0 Å². The van der Waals surface area contributed by atoms with E-state index < -0.39 is 0 Å². The van der Waals surface area contributed by atoms with Crippen molar-refractivity contribution in [1.29, 1.82) is 0 Å². The summed E-state index contributed by atoms with van der Waals surface area (Å²) in [7, 11) is 0. The number of aryl methyl sites for hydroxylation is 1. The van der Waals surface area contributed by atoms with E-state index in [4.69, 9.17) is 9.15 Å². The number of unbranched alkanes of at least 4 members (excludes halogenated alkanes) is 3. The summed E-state index contributed by atoms with van der Waals surface area (Å²) in [6.45, 7) is 1.69. The maximum absolute atomic E-state index is 11.2. The highest BCUT2D eigenvalue weighted by atomic mass is 16.5. The van der Waals surface area contributed by atoms with Crippen LogP contribution in [0.2, 0.25) is 0 Å². The molecule has 0 saturated carbocycles. The maximum atomic E-state index is 11.2. The summed E-state index contributed by atoms with van der Waals surface area (Å²) in [6.07, 6.45) is 10.1. The highest BCUT2D eigenvalue weighted by Gasteiger charge is 2.00. The van der Waals surface area contributed by atoms with Crippen molar-refractivity contribution in [3.05, 3.63) is 59.5 Å². The molecule has 0 spiro atoms. The van der Waals surface area contributed by atoms with Crippen LogP contribution in [0.15, 0.2) is 58.3 Å². The number of benzene rings is 1. The molecule has 1 aromatic carbocycles. The molecule has 5 heteroatoms. The Morgan fingerprint density at radius 2 is 1.96 bits per heavy atom. The Morgan fingerprint density at radius 3 is 2.83 bits per heavy atom. The number of fused-ring (bicyclic) bond motifs is 1. The average molecular weight is 312 g/mol. The quantitative estimate of drug-likeness (QED) is 0.471. The Hall–Kier alpha value is -2.56.